The SMILES string of the molecule is CCNC[C@H](C)[C@@H]1CCCCN1. The molecule has 0 aromatic heterocycles. The molecule has 0 aromatic rings. The van der Waals surface area contributed by atoms with E-state index in [1.54, 1.807) is 0 Å². The highest BCUT2D eigenvalue weighted by Gasteiger charge is 2.18. The van der Waals surface area contributed by atoms with E-state index in [4.69, 9.17) is 0 Å². The van der Waals surface area contributed by atoms with Crippen molar-refractivity contribution in [3.63, 3.8) is 0 Å². The quantitative estimate of drug-likeness (QED) is 0.666. The number of piperidine rings is 1. The fourth-order valence-electron chi connectivity index (χ4n) is 1.88. The molecule has 72 valence electrons. The minimum absolute atomic E-state index is 0.762. The van der Waals surface area contributed by atoms with Gasteiger partial charge in [-0.15, -0.1) is 0 Å². The van der Waals surface area contributed by atoms with Gasteiger partial charge in [0.05, 0.1) is 0 Å². The van der Waals surface area contributed by atoms with Crippen molar-refractivity contribution in [3.8, 4) is 0 Å². The van der Waals surface area contributed by atoms with E-state index in [-0.39, 0.29) is 0 Å². The maximum absolute atomic E-state index is 3.59. The zero-order valence-electron chi connectivity index (χ0n) is 8.40. The summed E-state index contributed by atoms with van der Waals surface area (Å²) in [4.78, 5) is 0. The van der Waals surface area contributed by atoms with Gasteiger partial charge in [0.1, 0.15) is 0 Å². The molecule has 1 rings (SSSR count). The maximum Gasteiger partial charge on any atom is 0.0105 e. The highest BCUT2D eigenvalue weighted by molar-refractivity contribution is 4.78. The van der Waals surface area contributed by atoms with Crippen molar-refractivity contribution in [3.05, 3.63) is 0 Å². The van der Waals surface area contributed by atoms with Gasteiger partial charge >= 0.3 is 0 Å². The Hall–Kier alpha value is -0.0800. The fourth-order valence-corrected chi connectivity index (χ4v) is 1.88. The van der Waals surface area contributed by atoms with E-state index in [2.05, 4.69) is 24.5 Å². The van der Waals surface area contributed by atoms with Crippen LogP contribution < -0.4 is 10.6 Å². The van der Waals surface area contributed by atoms with Crippen LogP contribution in [0.5, 0.6) is 0 Å². The number of nitrogens with one attached hydrogen (secondary N) is 2. The van der Waals surface area contributed by atoms with Crippen LogP contribution in [-0.4, -0.2) is 25.7 Å². The molecule has 0 radical (unpaired) electrons. The molecule has 0 aromatic carbocycles. The Morgan fingerprint density at radius 1 is 1.50 bits per heavy atom. The highest BCUT2D eigenvalue weighted by Crippen LogP contribution is 2.14. The Morgan fingerprint density at radius 2 is 2.33 bits per heavy atom. The van der Waals surface area contributed by atoms with Gasteiger partial charge < -0.3 is 10.6 Å². The van der Waals surface area contributed by atoms with Gasteiger partial charge in [0.25, 0.3) is 0 Å². The summed E-state index contributed by atoms with van der Waals surface area (Å²) in [6, 6.07) is 0.762. The van der Waals surface area contributed by atoms with Gasteiger partial charge in [-0.3, -0.25) is 0 Å². The van der Waals surface area contributed by atoms with Gasteiger partial charge in [-0.25, -0.2) is 0 Å². The van der Waals surface area contributed by atoms with Gasteiger partial charge in [0, 0.05) is 6.04 Å². The molecule has 2 nitrogen and oxygen atoms in total. The van der Waals surface area contributed by atoms with Crippen LogP contribution in [-0.2, 0) is 0 Å². The predicted molar refractivity (Wildman–Crippen MR) is 53.3 cm³/mol. The molecule has 12 heavy (non-hydrogen) atoms. The summed E-state index contributed by atoms with van der Waals surface area (Å²) in [5, 5.41) is 6.99. The van der Waals surface area contributed by atoms with Crippen molar-refractivity contribution < 1.29 is 0 Å². The lowest BCUT2D eigenvalue weighted by molar-refractivity contribution is 0.303. The minimum Gasteiger partial charge on any atom is -0.317 e. The van der Waals surface area contributed by atoms with E-state index in [0.29, 0.717) is 0 Å². The Balaban J connectivity index is 2.15. The van der Waals surface area contributed by atoms with Crippen LogP contribution in [0, 0.1) is 5.92 Å². The van der Waals surface area contributed by atoms with Gasteiger partial charge in [-0.1, -0.05) is 20.3 Å². The van der Waals surface area contributed by atoms with Gasteiger partial charge in [-0.2, -0.15) is 0 Å². The third-order valence-corrected chi connectivity index (χ3v) is 2.75. The third kappa shape index (κ3) is 3.11. The molecule has 0 saturated carbocycles. The molecule has 1 saturated heterocycles. The van der Waals surface area contributed by atoms with Crippen molar-refractivity contribution in [2.45, 2.75) is 39.2 Å². The molecular weight excluding hydrogens is 148 g/mol. The molecule has 2 atom stereocenters. The molecule has 1 fully saturated rings. The summed E-state index contributed by atoms with van der Waals surface area (Å²) in [5.74, 6) is 0.783. The molecule has 1 heterocycles. The molecule has 0 unspecified atom stereocenters. The first kappa shape index (κ1) is 10.0. The van der Waals surface area contributed by atoms with Crippen LogP contribution in [0.4, 0.5) is 0 Å². The number of rotatable bonds is 4. The average Bonchev–Trinajstić information content (AvgIpc) is 2.15. The zero-order chi connectivity index (χ0) is 8.81. The van der Waals surface area contributed by atoms with Crippen LogP contribution in [0.3, 0.4) is 0 Å². The first-order valence-corrected chi connectivity index (χ1v) is 5.28. The predicted octanol–water partition coefficient (Wildman–Crippen LogP) is 1.37. The lowest BCUT2D eigenvalue weighted by Gasteiger charge is -2.29. The first-order chi connectivity index (χ1) is 5.84. The largest absolute Gasteiger partial charge is 0.317 e. The van der Waals surface area contributed by atoms with Gasteiger partial charge in [0.15, 0.2) is 0 Å². The van der Waals surface area contributed by atoms with E-state index in [1.807, 2.05) is 0 Å². The summed E-state index contributed by atoms with van der Waals surface area (Å²) in [7, 11) is 0. The second kappa shape index (κ2) is 5.55. The Bertz CT molecular complexity index is 108. The van der Waals surface area contributed by atoms with E-state index >= 15 is 0 Å². The lowest BCUT2D eigenvalue weighted by Crippen LogP contribution is -2.42. The van der Waals surface area contributed by atoms with Crippen LogP contribution in [0.25, 0.3) is 0 Å². The molecule has 1 aliphatic heterocycles. The van der Waals surface area contributed by atoms with E-state index in [0.717, 1.165) is 25.0 Å². The fraction of sp³-hybridized carbons (Fsp3) is 1.00. The van der Waals surface area contributed by atoms with E-state index in [1.165, 1.54) is 25.8 Å². The zero-order valence-corrected chi connectivity index (χ0v) is 8.40. The van der Waals surface area contributed by atoms with Crippen LogP contribution in [0.2, 0.25) is 0 Å². The van der Waals surface area contributed by atoms with Gasteiger partial charge in [0.2, 0.25) is 0 Å². The molecule has 0 amide bonds. The molecular formula is C10H22N2. The summed E-state index contributed by atoms with van der Waals surface area (Å²) in [5.41, 5.74) is 0. The van der Waals surface area contributed by atoms with Crippen molar-refractivity contribution in [2.75, 3.05) is 19.6 Å². The molecule has 0 spiro atoms. The van der Waals surface area contributed by atoms with Crippen LogP contribution in [0.1, 0.15) is 33.1 Å². The summed E-state index contributed by atoms with van der Waals surface area (Å²) < 4.78 is 0. The Morgan fingerprint density at radius 3 is 2.92 bits per heavy atom. The monoisotopic (exact) mass is 170 g/mol. The minimum atomic E-state index is 0.762. The molecule has 0 bridgehead atoms. The second-order valence-corrected chi connectivity index (χ2v) is 3.84. The number of hydrogen-bond donors (Lipinski definition) is 2. The van der Waals surface area contributed by atoms with Gasteiger partial charge in [-0.05, 0) is 38.4 Å². The summed E-state index contributed by atoms with van der Waals surface area (Å²) in [6.07, 6.45) is 4.14. The Labute approximate surface area is 76.1 Å². The lowest BCUT2D eigenvalue weighted by atomic mass is 9.93. The molecule has 0 aliphatic carbocycles. The topological polar surface area (TPSA) is 24.1 Å². The van der Waals surface area contributed by atoms with Crippen LogP contribution in [0.15, 0.2) is 0 Å². The van der Waals surface area contributed by atoms with E-state index < -0.39 is 0 Å². The second-order valence-electron chi connectivity index (χ2n) is 3.84. The van der Waals surface area contributed by atoms with Crippen LogP contribution >= 0.6 is 0 Å². The first-order valence-electron chi connectivity index (χ1n) is 5.28. The normalized spacial score (nSPS) is 27.0. The van der Waals surface area contributed by atoms with Crippen molar-refractivity contribution >= 4 is 0 Å². The van der Waals surface area contributed by atoms with Crippen molar-refractivity contribution in [2.24, 2.45) is 5.92 Å². The van der Waals surface area contributed by atoms with Crippen molar-refractivity contribution in [1.82, 2.24) is 10.6 Å². The molecule has 1 aliphatic rings. The number of hydrogen-bond acceptors (Lipinski definition) is 2. The summed E-state index contributed by atoms with van der Waals surface area (Å²) >= 11 is 0. The maximum atomic E-state index is 3.59. The average molecular weight is 170 g/mol. The molecule has 2 N–H and O–H groups in total. The third-order valence-electron chi connectivity index (χ3n) is 2.75. The highest BCUT2D eigenvalue weighted by atomic mass is 14.9. The standard InChI is InChI=1S/C10H22N2/c1-3-11-8-9(2)10-6-4-5-7-12-10/h9-12H,3-8H2,1-2H3/t9-,10-/m0/s1. The summed E-state index contributed by atoms with van der Waals surface area (Å²) in [6.45, 7) is 7.99. The van der Waals surface area contributed by atoms with E-state index in [9.17, 15) is 0 Å². The smallest absolute Gasteiger partial charge is 0.0105 e. The molecule has 2 heteroatoms. The van der Waals surface area contributed by atoms with Crippen molar-refractivity contribution in [1.29, 1.82) is 0 Å². The Kier molecular flexibility index (Phi) is 4.62.